The Kier molecular flexibility index (Phi) is 2.90. The monoisotopic (exact) mass is 295 g/mol. The van der Waals surface area contributed by atoms with Crippen LogP contribution in [0, 0.1) is 0 Å². The zero-order valence-electron chi connectivity index (χ0n) is 9.06. The summed E-state index contributed by atoms with van der Waals surface area (Å²) >= 11 is 13.5. The summed E-state index contributed by atoms with van der Waals surface area (Å²) in [6, 6.07) is 12.7. The quantitative estimate of drug-likeness (QED) is 0.654. The molecule has 0 unspecified atom stereocenters. The number of benzene rings is 2. The van der Waals surface area contributed by atoms with Crippen LogP contribution in [0.3, 0.4) is 0 Å². The van der Waals surface area contributed by atoms with Crippen LogP contribution in [-0.4, -0.2) is 3.96 Å². The smallest absolute Gasteiger partial charge is 0.267 e. The molecule has 0 bridgehead atoms. The summed E-state index contributed by atoms with van der Waals surface area (Å²) in [7, 11) is 0. The molecule has 3 aromatic rings. The molecule has 3 rings (SSSR count). The van der Waals surface area contributed by atoms with Crippen LogP contribution in [-0.2, 0) is 0 Å². The van der Waals surface area contributed by atoms with Crippen molar-refractivity contribution >= 4 is 44.8 Å². The topological polar surface area (TPSA) is 22.0 Å². The highest BCUT2D eigenvalue weighted by molar-refractivity contribution is 7.14. The second-order valence-electron chi connectivity index (χ2n) is 3.76. The van der Waals surface area contributed by atoms with Crippen molar-refractivity contribution in [3.05, 3.63) is 62.9 Å². The predicted octanol–water partition coefficient (Wildman–Crippen LogP) is 4.36. The Morgan fingerprint density at radius 2 is 1.78 bits per heavy atom. The first-order valence-electron chi connectivity index (χ1n) is 5.24. The van der Waals surface area contributed by atoms with Crippen molar-refractivity contribution in [2.24, 2.45) is 0 Å². The Hall–Kier alpha value is -1.29. The Labute approximate surface area is 117 Å². The molecule has 2 nitrogen and oxygen atoms in total. The second kappa shape index (κ2) is 4.43. The Balaban J connectivity index is 2.36. The van der Waals surface area contributed by atoms with Gasteiger partial charge in [-0.25, -0.2) is 3.96 Å². The van der Waals surface area contributed by atoms with Crippen molar-refractivity contribution in [2.45, 2.75) is 0 Å². The number of rotatable bonds is 1. The summed E-state index contributed by atoms with van der Waals surface area (Å²) in [5.74, 6) is 0. The fourth-order valence-corrected chi connectivity index (χ4v) is 3.23. The third kappa shape index (κ3) is 1.75. The Morgan fingerprint density at radius 1 is 1.00 bits per heavy atom. The van der Waals surface area contributed by atoms with E-state index in [1.54, 1.807) is 22.2 Å². The van der Waals surface area contributed by atoms with Gasteiger partial charge in [-0.1, -0.05) is 52.9 Å². The summed E-state index contributed by atoms with van der Waals surface area (Å²) in [5.41, 5.74) is 0.551. The lowest BCUT2D eigenvalue weighted by atomic mass is 10.3. The minimum Gasteiger partial charge on any atom is -0.267 e. The molecule has 0 spiro atoms. The van der Waals surface area contributed by atoms with Crippen LogP contribution < -0.4 is 5.56 Å². The fraction of sp³-hybridized carbons (Fsp3) is 0. The molecule has 2 aromatic carbocycles. The fourth-order valence-electron chi connectivity index (χ4n) is 1.78. The highest BCUT2D eigenvalue weighted by Crippen LogP contribution is 2.30. The van der Waals surface area contributed by atoms with Gasteiger partial charge in [-0.15, -0.1) is 0 Å². The zero-order chi connectivity index (χ0) is 12.7. The molecule has 0 saturated heterocycles. The highest BCUT2D eigenvalue weighted by atomic mass is 35.5. The third-order valence-corrected chi connectivity index (χ3v) is 4.55. The molecule has 1 aromatic heterocycles. The van der Waals surface area contributed by atoms with E-state index in [2.05, 4.69) is 0 Å². The molecule has 0 aliphatic carbocycles. The molecule has 0 aliphatic rings. The first-order valence-corrected chi connectivity index (χ1v) is 6.77. The van der Waals surface area contributed by atoms with Crippen molar-refractivity contribution in [1.29, 1.82) is 0 Å². The maximum atomic E-state index is 12.3. The molecule has 0 amide bonds. The van der Waals surface area contributed by atoms with Crippen LogP contribution in [0.25, 0.3) is 15.8 Å². The molecule has 0 saturated carbocycles. The van der Waals surface area contributed by atoms with Crippen molar-refractivity contribution in [3.8, 4) is 5.69 Å². The molecule has 5 heteroatoms. The maximum absolute atomic E-state index is 12.3. The molecule has 0 radical (unpaired) electrons. The van der Waals surface area contributed by atoms with Gasteiger partial charge < -0.3 is 0 Å². The lowest BCUT2D eigenvalue weighted by Crippen LogP contribution is -2.11. The first-order chi connectivity index (χ1) is 8.68. The van der Waals surface area contributed by atoms with Gasteiger partial charge in [-0.2, -0.15) is 0 Å². The Morgan fingerprint density at radius 3 is 2.56 bits per heavy atom. The number of hydrogen-bond acceptors (Lipinski definition) is 2. The standard InChI is InChI=1S/C13H7Cl2NOS/c14-9-5-3-6-10(12(9)15)16-13(17)8-4-1-2-7-11(8)18-16/h1-7H. The van der Waals surface area contributed by atoms with Gasteiger partial charge in [0.1, 0.15) is 0 Å². The predicted molar refractivity (Wildman–Crippen MR) is 77.4 cm³/mol. The van der Waals surface area contributed by atoms with Crippen molar-refractivity contribution in [2.75, 3.05) is 0 Å². The van der Waals surface area contributed by atoms with Crippen LogP contribution >= 0.6 is 34.7 Å². The van der Waals surface area contributed by atoms with Gasteiger partial charge in [0.05, 0.1) is 25.8 Å². The summed E-state index contributed by atoms with van der Waals surface area (Å²) in [4.78, 5) is 12.3. The molecule has 0 N–H and O–H groups in total. The van der Waals surface area contributed by atoms with Gasteiger partial charge in [-0.05, 0) is 24.3 Å². The van der Waals surface area contributed by atoms with Crippen LogP contribution in [0.15, 0.2) is 47.3 Å². The lowest BCUT2D eigenvalue weighted by molar-refractivity contribution is 1.14. The molecule has 1 heterocycles. The average Bonchev–Trinajstić information content (AvgIpc) is 2.71. The molecular formula is C13H7Cl2NOS. The summed E-state index contributed by atoms with van der Waals surface area (Å²) in [5, 5.41) is 1.53. The van der Waals surface area contributed by atoms with E-state index in [0.717, 1.165) is 4.70 Å². The normalized spacial score (nSPS) is 11.0. The van der Waals surface area contributed by atoms with Crippen LogP contribution in [0.1, 0.15) is 0 Å². The minimum absolute atomic E-state index is 0.0697. The van der Waals surface area contributed by atoms with Crippen LogP contribution in [0.4, 0.5) is 0 Å². The van der Waals surface area contributed by atoms with E-state index in [1.165, 1.54) is 11.5 Å². The molecule has 90 valence electrons. The molecule has 18 heavy (non-hydrogen) atoms. The Bertz CT molecular complexity index is 791. The van der Waals surface area contributed by atoms with E-state index in [4.69, 9.17) is 23.2 Å². The third-order valence-electron chi connectivity index (χ3n) is 2.64. The molecular weight excluding hydrogens is 289 g/mol. The van der Waals surface area contributed by atoms with Crippen LogP contribution in [0.5, 0.6) is 0 Å². The summed E-state index contributed by atoms with van der Waals surface area (Å²) < 4.78 is 2.50. The maximum Gasteiger partial charge on any atom is 0.273 e. The molecule has 0 atom stereocenters. The molecule has 0 aliphatic heterocycles. The summed E-state index contributed by atoms with van der Waals surface area (Å²) in [6.45, 7) is 0. The van der Waals surface area contributed by atoms with E-state index in [0.29, 0.717) is 21.1 Å². The van der Waals surface area contributed by atoms with E-state index < -0.39 is 0 Å². The average molecular weight is 296 g/mol. The van der Waals surface area contributed by atoms with Gasteiger partial charge in [0.2, 0.25) is 0 Å². The highest BCUT2D eigenvalue weighted by Gasteiger charge is 2.12. The number of hydrogen-bond donors (Lipinski definition) is 0. The SMILES string of the molecule is O=c1c2ccccc2sn1-c1cccc(Cl)c1Cl. The van der Waals surface area contributed by atoms with E-state index in [-0.39, 0.29) is 5.56 Å². The van der Waals surface area contributed by atoms with Crippen molar-refractivity contribution in [1.82, 2.24) is 3.96 Å². The van der Waals surface area contributed by atoms with E-state index in [9.17, 15) is 4.79 Å². The van der Waals surface area contributed by atoms with Gasteiger partial charge in [-0.3, -0.25) is 4.79 Å². The van der Waals surface area contributed by atoms with Crippen molar-refractivity contribution < 1.29 is 0 Å². The largest absolute Gasteiger partial charge is 0.273 e. The van der Waals surface area contributed by atoms with Gasteiger partial charge in [0.25, 0.3) is 5.56 Å². The van der Waals surface area contributed by atoms with E-state index in [1.807, 2.05) is 24.3 Å². The second-order valence-corrected chi connectivity index (χ2v) is 5.53. The van der Waals surface area contributed by atoms with Crippen molar-refractivity contribution in [3.63, 3.8) is 0 Å². The lowest BCUT2D eigenvalue weighted by Gasteiger charge is -2.04. The van der Waals surface area contributed by atoms with Crippen LogP contribution in [0.2, 0.25) is 10.0 Å². The number of aromatic nitrogens is 1. The number of halogens is 2. The van der Waals surface area contributed by atoms with E-state index >= 15 is 0 Å². The van der Waals surface area contributed by atoms with Gasteiger partial charge >= 0.3 is 0 Å². The number of fused-ring (bicyclic) bond motifs is 1. The zero-order valence-corrected chi connectivity index (χ0v) is 11.4. The summed E-state index contributed by atoms with van der Waals surface area (Å²) in [6.07, 6.45) is 0. The van der Waals surface area contributed by atoms with Gasteiger partial charge in [0.15, 0.2) is 0 Å². The number of nitrogens with zero attached hydrogens (tertiary/aromatic N) is 1. The molecule has 0 fully saturated rings. The van der Waals surface area contributed by atoms with Gasteiger partial charge in [0, 0.05) is 0 Å². The minimum atomic E-state index is -0.0697. The first kappa shape index (κ1) is 11.8.